The van der Waals surface area contributed by atoms with Crippen molar-refractivity contribution < 1.29 is 45.5 Å². The lowest BCUT2D eigenvalue weighted by Gasteiger charge is -2.34. The maximum atomic E-state index is 13.3. The van der Waals surface area contributed by atoms with E-state index in [1.165, 1.54) is 22.7 Å². The minimum absolute atomic E-state index is 0.0370. The van der Waals surface area contributed by atoms with E-state index >= 15 is 0 Å². The summed E-state index contributed by atoms with van der Waals surface area (Å²) in [4.78, 5) is 54.5. The molecule has 48 heavy (non-hydrogen) atoms. The fourth-order valence-electron chi connectivity index (χ4n) is 7.44. The van der Waals surface area contributed by atoms with Crippen LogP contribution in [0.15, 0.2) is 48.5 Å². The van der Waals surface area contributed by atoms with Crippen LogP contribution in [-0.2, 0) is 27.4 Å². The molecule has 242 valence electrons. The average Bonchev–Trinajstić information content (AvgIpc) is 3.81. The van der Waals surface area contributed by atoms with E-state index in [9.17, 15) is 45.5 Å². The standard InChI is InChI=1S/C36H20F6O4S2/c37-35(38,39)16-4-6-20-22(10-16)28(43)30(45)24(20)12-18-14-26-32(47-18)33-27(34(26)8-2-1-3-9-34)15-19(48-33)13-25-21-7-5-17(36(40,41)42)11-23(21)29(44)31(25)46/h4-7,10-15H,1-3,8-9H2/b24-12-,25-13-. The number of carbonyl (C=O) groups excluding carboxylic acids is 4. The lowest BCUT2D eigenvalue weighted by molar-refractivity contribution is -0.138. The molecule has 0 unspecified atom stereocenters. The third-order valence-corrected chi connectivity index (χ3v) is 12.0. The fraction of sp³-hybridized carbons (Fsp3) is 0.222. The molecular formula is C36H20F6O4S2. The van der Waals surface area contributed by atoms with Gasteiger partial charge in [-0.05, 0) is 83.6 Å². The Balaban J connectivity index is 1.21. The van der Waals surface area contributed by atoms with E-state index in [0.717, 1.165) is 77.3 Å². The second kappa shape index (κ2) is 10.3. The van der Waals surface area contributed by atoms with E-state index in [1.807, 2.05) is 12.1 Å². The molecule has 0 aliphatic heterocycles. The minimum atomic E-state index is -4.67. The zero-order valence-corrected chi connectivity index (χ0v) is 26.2. The van der Waals surface area contributed by atoms with Crippen LogP contribution < -0.4 is 0 Å². The van der Waals surface area contributed by atoms with Crippen LogP contribution in [0.4, 0.5) is 26.3 Å². The van der Waals surface area contributed by atoms with Gasteiger partial charge in [-0.2, -0.15) is 26.3 Å². The highest BCUT2D eigenvalue weighted by atomic mass is 32.1. The monoisotopic (exact) mass is 694 g/mol. The van der Waals surface area contributed by atoms with Crippen molar-refractivity contribution in [2.45, 2.75) is 49.9 Å². The quantitative estimate of drug-likeness (QED) is 0.119. The molecule has 0 N–H and O–H groups in total. The molecule has 1 saturated carbocycles. The van der Waals surface area contributed by atoms with Crippen LogP contribution in [0.5, 0.6) is 0 Å². The second-order valence-corrected chi connectivity index (χ2v) is 14.5. The molecule has 4 aromatic rings. The van der Waals surface area contributed by atoms with Gasteiger partial charge in [0, 0.05) is 47.2 Å². The first-order valence-corrected chi connectivity index (χ1v) is 16.6. The van der Waals surface area contributed by atoms with Crippen LogP contribution in [-0.4, -0.2) is 23.1 Å². The highest BCUT2D eigenvalue weighted by molar-refractivity contribution is 7.23. The van der Waals surface area contributed by atoms with Crippen molar-refractivity contribution in [3.8, 4) is 9.75 Å². The van der Waals surface area contributed by atoms with Crippen molar-refractivity contribution in [2.24, 2.45) is 0 Å². The molecule has 1 fully saturated rings. The van der Waals surface area contributed by atoms with Gasteiger partial charge in [0.2, 0.25) is 23.1 Å². The number of Topliss-reactive ketones (excluding diaryl/α,β-unsaturated/α-hetero) is 4. The van der Waals surface area contributed by atoms with E-state index in [4.69, 9.17) is 0 Å². The summed E-state index contributed by atoms with van der Waals surface area (Å²) in [5.41, 5.74) is -0.392. The molecule has 0 radical (unpaired) electrons. The Morgan fingerprint density at radius 2 is 0.958 bits per heavy atom. The largest absolute Gasteiger partial charge is 0.416 e. The first kappa shape index (κ1) is 30.9. The van der Waals surface area contributed by atoms with Crippen LogP contribution in [0, 0.1) is 0 Å². The summed E-state index contributed by atoms with van der Waals surface area (Å²) in [7, 11) is 0. The molecule has 2 aromatic heterocycles. The number of rotatable bonds is 2. The molecule has 12 heteroatoms. The number of fused-ring (bicyclic) bond motifs is 7. The summed E-state index contributed by atoms with van der Waals surface area (Å²) in [6.45, 7) is 0. The second-order valence-electron chi connectivity index (χ2n) is 12.4. The van der Waals surface area contributed by atoms with Crippen molar-refractivity contribution in [3.05, 3.63) is 103 Å². The number of carbonyl (C=O) groups is 4. The third-order valence-electron chi connectivity index (χ3n) is 9.69. The molecule has 1 spiro atoms. The number of hydrogen-bond donors (Lipinski definition) is 0. The SMILES string of the molecule is O=C1C(=O)c2cc(C(F)(F)F)ccc2/C1=C/c1cc2c(s1)-c1sc(/C=C3\C(=O)C(=O)c4cc(C(F)(F)F)ccc43)cc1C21CCCCC1. The van der Waals surface area contributed by atoms with Crippen molar-refractivity contribution in [3.63, 3.8) is 0 Å². The maximum Gasteiger partial charge on any atom is 0.416 e. The Bertz CT molecular complexity index is 2070. The summed E-state index contributed by atoms with van der Waals surface area (Å²) in [6.07, 6.45) is -1.56. The van der Waals surface area contributed by atoms with Gasteiger partial charge in [0.25, 0.3) is 0 Å². The van der Waals surface area contributed by atoms with Gasteiger partial charge < -0.3 is 0 Å². The van der Waals surface area contributed by atoms with Gasteiger partial charge in [-0.3, -0.25) is 19.2 Å². The number of allylic oxidation sites excluding steroid dienone is 2. The predicted molar refractivity (Wildman–Crippen MR) is 169 cm³/mol. The van der Waals surface area contributed by atoms with E-state index in [-0.39, 0.29) is 38.8 Å². The summed E-state index contributed by atoms with van der Waals surface area (Å²) in [6, 6.07) is 9.42. The van der Waals surface area contributed by atoms with E-state index in [0.29, 0.717) is 21.9 Å². The number of thiophene rings is 2. The molecule has 0 saturated heterocycles. The van der Waals surface area contributed by atoms with Crippen molar-refractivity contribution in [1.82, 2.24) is 0 Å². The number of benzene rings is 2. The Labute approximate surface area is 276 Å². The van der Waals surface area contributed by atoms with Crippen LogP contribution in [0.2, 0.25) is 0 Å². The third kappa shape index (κ3) is 4.48. The molecule has 4 aliphatic rings. The lowest BCUT2D eigenvalue weighted by atomic mass is 9.68. The zero-order valence-electron chi connectivity index (χ0n) is 24.5. The van der Waals surface area contributed by atoms with Crippen molar-refractivity contribution in [1.29, 1.82) is 0 Å². The maximum absolute atomic E-state index is 13.3. The Hall–Kier alpha value is -4.42. The van der Waals surface area contributed by atoms with Gasteiger partial charge in [-0.15, -0.1) is 22.7 Å². The van der Waals surface area contributed by atoms with Crippen molar-refractivity contribution in [2.75, 3.05) is 0 Å². The Morgan fingerprint density at radius 1 is 0.542 bits per heavy atom. The van der Waals surface area contributed by atoms with Gasteiger partial charge in [-0.25, -0.2) is 0 Å². The summed E-state index contributed by atoms with van der Waals surface area (Å²) >= 11 is 2.79. The number of ketones is 4. The summed E-state index contributed by atoms with van der Waals surface area (Å²) in [5, 5.41) is 0. The van der Waals surface area contributed by atoms with Crippen LogP contribution in [0.3, 0.4) is 0 Å². The normalized spacial score (nSPS) is 19.9. The number of alkyl halides is 6. The summed E-state index contributed by atoms with van der Waals surface area (Å²) < 4.78 is 79.8. The molecule has 4 aliphatic carbocycles. The molecule has 2 heterocycles. The lowest BCUT2D eigenvalue weighted by Crippen LogP contribution is -2.27. The van der Waals surface area contributed by atoms with Gasteiger partial charge in [0.1, 0.15) is 0 Å². The molecular weight excluding hydrogens is 675 g/mol. The zero-order chi connectivity index (χ0) is 33.9. The molecule has 0 bridgehead atoms. The average molecular weight is 695 g/mol. The fourth-order valence-corrected chi connectivity index (χ4v) is 10.0. The minimum Gasteiger partial charge on any atom is -0.285 e. The highest BCUT2D eigenvalue weighted by Crippen LogP contribution is 2.61. The molecule has 0 amide bonds. The highest BCUT2D eigenvalue weighted by Gasteiger charge is 2.47. The van der Waals surface area contributed by atoms with E-state index in [1.54, 1.807) is 12.2 Å². The predicted octanol–water partition coefficient (Wildman–Crippen LogP) is 9.69. The first-order chi connectivity index (χ1) is 22.7. The van der Waals surface area contributed by atoms with Crippen LogP contribution in [0.25, 0.3) is 33.1 Å². The first-order valence-electron chi connectivity index (χ1n) is 15.0. The van der Waals surface area contributed by atoms with Gasteiger partial charge in [-0.1, -0.05) is 31.4 Å². The van der Waals surface area contributed by atoms with Gasteiger partial charge >= 0.3 is 12.4 Å². The van der Waals surface area contributed by atoms with Crippen molar-refractivity contribution >= 4 is 69.1 Å². The molecule has 8 rings (SSSR count). The topological polar surface area (TPSA) is 68.3 Å². The van der Waals surface area contributed by atoms with Gasteiger partial charge in [0.15, 0.2) is 0 Å². The number of halogens is 6. The van der Waals surface area contributed by atoms with Gasteiger partial charge in [0.05, 0.1) is 11.1 Å². The van der Waals surface area contributed by atoms with E-state index < -0.39 is 46.6 Å². The van der Waals surface area contributed by atoms with E-state index in [2.05, 4.69) is 0 Å². The molecule has 4 nitrogen and oxygen atoms in total. The van der Waals surface area contributed by atoms with Crippen LogP contribution in [0.1, 0.15) is 96.0 Å². The number of hydrogen-bond acceptors (Lipinski definition) is 6. The summed E-state index contributed by atoms with van der Waals surface area (Å²) in [5.74, 6) is -3.70. The molecule has 0 atom stereocenters. The smallest absolute Gasteiger partial charge is 0.285 e. The molecule has 2 aromatic carbocycles. The van der Waals surface area contributed by atoms with Crippen LogP contribution >= 0.6 is 22.7 Å². The Kier molecular flexibility index (Phi) is 6.62. The Morgan fingerprint density at radius 3 is 1.35 bits per heavy atom.